The molecular weight excluding hydrogens is 440 g/mol. The molecule has 0 aliphatic heterocycles. The Morgan fingerprint density at radius 3 is 2.22 bits per heavy atom. The number of amides is 1. The second kappa shape index (κ2) is 9.63. The predicted octanol–water partition coefficient (Wildman–Crippen LogP) is 5.14. The molecule has 164 valence electrons. The molecule has 0 aliphatic carbocycles. The van der Waals surface area contributed by atoms with Gasteiger partial charge < -0.3 is 0 Å². The number of benzene rings is 3. The zero-order valence-electron chi connectivity index (χ0n) is 17.8. The zero-order chi connectivity index (χ0) is 22.6. The maximum Gasteiger partial charge on any atom is 0.230 e. The molecular formula is C25H24N2O3S2. The molecule has 1 heterocycles. The minimum atomic E-state index is -3.41. The van der Waals surface area contributed by atoms with Crippen LogP contribution < -0.4 is 4.90 Å². The fraction of sp³-hybridized carbons (Fsp3) is 0.200. The average molecular weight is 465 g/mol. The van der Waals surface area contributed by atoms with Gasteiger partial charge >= 0.3 is 0 Å². The van der Waals surface area contributed by atoms with Crippen molar-refractivity contribution in [2.24, 2.45) is 0 Å². The number of aryl methyl sites for hydroxylation is 1. The molecule has 0 unspecified atom stereocenters. The van der Waals surface area contributed by atoms with Crippen LogP contribution in [0.4, 0.5) is 5.13 Å². The Hall–Kier alpha value is -3.03. The van der Waals surface area contributed by atoms with E-state index in [4.69, 9.17) is 4.98 Å². The van der Waals surface area contributed by atoms with Crippen LogP contribution in [0, 0.1) is 6.92 Å². The lowest BCUT2D eigenvalue weighted by molar-refractivity contribution is -0.118. The molecule has 4 rings (SSSR count). The van der Waals surface area contributed by atoms with E-state index >= 15 is 0 Å². The number of hydrogen-bond donors (Lipinski definition) is 0. The maximum absolute atomic E-state index is 13.2. The quantitative estimate of drug-likeness (QED) is 0.362. The molecule has 0 saturated carbocycles. The summed E-state index contributed by atoms with van der Waals surface area (Å²) < 4.78 is 26.2. The van der Waals surface area contributed by atoms with Crippen LogP contribution in [-0.4, -0.2) is 25.1 Å². The van der Waals surface area contributed by atoms with Crippen molar-refractivity contribution >= 4 is 42.4 Å². The van der Waals surface area contributed by atoms with E-state index in [1.807, 2.05) is 73.7 Å². The molecule has 1 aromatic heterocycles. The molecule has 0 fully saturated rings. The standard InChI is InChI=1S/C25H24N2O3S2/c1-19-9-8-14-22-24(19)26-25(31-22)27(17-20-10-4-2-5-11-20)23(28)15-16-32(29,30)18-21-12-6-3-7-13-21/h2-14H,15-18H2,1H3. The van der Waals surface area contributed by atoms with Crippen molar-refractivity contribution in [1.82, 2.24) is 4.98 Å². The highest BCUT2D eigenvalue weighted by atomic mass is 32.2. The Labute approximate surface area is 192 Å². The van der Waals surface area contributed by atoms with Crippen LogP contribution in [0.3, 0.4) is 0 Å². The monoisotopic (exact) mass is 464 g/mol. The largest absolute Gasteiger partial charge is 0.284 e. The van der Waals surface area contributed by atoms with Gasteiger partial charge in [0, 0.05) is 6.42 Å². The fourth-order valence-electron chi connectivity index (χ4n) is 3.50. The van der Waals surface area contributed by atoms with Gasteiger partial charge in [0.25, 0.3) is 0 Å². The summed E-state index contributed by atoms with van der Waals surface area (Å²) >= 11 is 1.45. The van der Waals surface area contributed by atoms with Crippen molar-refractivity contribution < 1.29 is 13.2 Å². The second-order valence-electron chi connectivity index (χ2n) is 7.71. The number of fused-ring (bicyclic) bond motifs is 1. The number of aromatic nitrogens is 1. The lowest BCUT2D eigenvalue weighted by Gasteiger charge is -2.20. The van der Waals surface area contributed by atoms with E-state index in [0.29, 0.717) is 11.7 Å². The van der Waals surface area contributed by atoms with Gasteiger partial charge in [0.1, 0.15) is 0 Å². The Balaban J connectivity index is 1.56. The number of para-hydroxylation sites is 1. The lowest BCUT2D eigenvalue weighted by atomic mass is 10.2. The van der Waals surface area contributed by atoms with E-state index in [1.54, 1.807) is 17.0 Å². The molecule has 7 heteroatoms. The summed E-state index contributed by atoms with van der Waals surface area (Å²) in [5, 5.41) is 0.587. The van der Waals surface area contributed by atoms with Crippen LogP contribution in [0.5, 0.6) is 0 Å². The normalized spacial score (nSPS) is 11.5. The van der Waals surface area contributed by atoms with Crippen molar-refractivity contribution in [3.05, 3.63) is 95.6 Å². The summed E-state index contributed by atoms with van der Waals surface area (Å²) in [7, 11) is -3.41. The van der Waals surface area contributed by atoms with Crippen LogP contribution >= 0.6 is 11.3 Å². The van der Waals surface area contributed by atoms with Gasteiger partial charge in [-0.2, -0.15) is 0 Å². The van der Waals surface area contributed by atoms with Gasteiger partial charge in [-0.15, -0.1) is 0 Å². The highest BCUT2D eigenvalue weighted by molar-refractivity contribution is 7.90. The molecule has 0 aliphatic rings. The van der Waals surface area contributed by atoms with Crippen LogP contribution in [0.2, 0.25) is 0 Å². The third-order valence-electron chi connectivity index (χ3n) is 5.18. The van der Waals surface area contributed by atoms with Crippen LogP contribution in [0.15, 0.2) is 78.9 Å². The van der Waals surface area contributed by atoms with Crippen molar-refractivity contribution in [2.45, 2.75) is 25.6 Å². The number of carbonyl (C=O) groups is 1. The number of thiazole rings is 1. The van der Waals surface area contributed by atoms with E-state index in [1.165, 1.54) is 11.3 Å². The summed E-state index contributed by atoms with van der Waals surface area (Å²) in [6, 6.07) is 24.7. The van der Waals surface area contributed by atoms with E-state index in [-0.39, 0.29) is 23.8 Å². The van der Waals surface area contributed by atoms with Gasteiger partial charge in [0.05, 0.1) is 28.3 Å². The van der Waals surface area contributed by atoms with E-state index in [9.17, 15) is 13.2 Å². The Morgan fingerprint density at radius 1 is 0.906 bits per heavy atom. The van der Waals surface area contributed by atoms with Gasteiger partial charge in [-0.25, -0.2) is 13.4 Å². The third kappa shape index (κ3) is 5.41. The Kier molecular flexibility index (Phi) is 6.67. The smallest absolute Gasteiger partial charge is 0.230 e. The van der Waals surface area contributed by atoms with Crippen molar-refractivity contribution in [1.29, 1.82) is 0 Å². The van der Waals surface area contributed by atoms with E-state index in [2.05, 4.69) is 0 Å². The molecule has 3 aromatic carbocycles. The molecule has 0 saturated heterocycles. The third-order valence-corrected chi connectivity index (χ3v) is 7.82. The van der Waals surface area contributed by atoms with Crippen molar-refractivity contribution in [3.63, 3.8) is 0 Å². The van der Waals surface area contributed by atoms with Gasteiger partial charge in [0.15, 0.2) is 15.0 Å². The highest BCUT2D eigenvalue weighted by Crippen LogP contribution is 2.32. The summed E-state index contributed by atoms with van der Waals surface area (Å²) in [5.41, 5.74) is 3.60. The van der Waals surface area contributed by atoms with E-state index in [0.717, 1.165) is 26.9 Å². The molecule has 4 aromatic rings. The molecule has 5 nitrogen and oxygen atoms in total. The van der Waals surface area contributed by atoms with E-state index < -0.39 is 9.84 Å². The number of nitrogens with zero attached hydrogens (tertiary/aromatic N) is 2. The summed E-state index contributed by atoms with van der Waals surface area (Å²) in [5.74, 6) is -0.516. The molecule has 0 spiro atoms. The second-order valence-corrected chi connectivity index (χ2v) is 10.9. The minimum absolute atomic E-state index is 0.0693. The first-order valence-electron chi connectivity index (χ1n) is 10.4. The van der Waals surface area contributed by atoms with Gasteiger partial charge in [-0.05, 0) is 29.7 Å². The fourth-order valence-corrected chi connectivity index (χ4v) is 5.89. The average Bonchev–Trinajstić information content (AvgIpc) is 3.22. The number of anilines is 1. The summed E-state index contributed by atoms with van der Waals surface area (Å²) in [4.78, 5) is 19.6. The predicted molar refractivity (Wildman–Crippen MR) is 131 cm³/mol. The van der Waals surface area contributed by atoms with Gasteiger partial charge in [0.2, 0.25) is 5.91 Å². The number of rotatable bonds is 8. The number of sulfone groups is 1. The Bertz CT molecular complexity index is 1320. The van der Waals surface area contributed by atoms with Crippen molar-refractivity contribution in [3.8, 4) is 0 Å². The van der Waals surface area contributed by atoms with Gasteiger partial charge in [-0.3, -0.25) is 9.69 Å². The minimum Gasteiger partial charge on any atom is -0.284 e. The zero-order valence-corrected chi connectivity index (χ0v) is 19.4. The molecule has 0 radical (unpaired) electrons. The molecule has 0 N–H and O–H groups in total. The van der Waals surface area contributed by atoms with Crippen LogP contribution in [-0.2, 0) is 26.9 Å². The maximum atomic E-state index is 13.2. The number of hydrogen-bond acceptors (Lipinski definition) is 5. The first-order chi connectivity index (χ1) is 15.4. The molecule has 0 bridgehead atoms. The number of carbonyl (C=O) groups excluding carboxylic acids is 1. The van der Waals surface area contributed by atoms with Crippen LogP contribution in [0.25, 0.3) is 10.2 Å². The summed E-state index contributed by atoms with van der Waals surface area (Å²) in [6.45, 7) is 2.34. The molecule has 1 amide bonds. The Morgan fingerprint density at radius 2 is 1.56 bits per heavy atom. The highest BCUT2D eigenvalue weighted by Gasteiger charge is 2.23. The SMILES string of the molecule is Cc1cccc2sc(N(Cc3ccccc3)C(=O)CCS(=O)(=O)Cc3ccccc3)nc12. The first kappa shape index (κ1) is 22.2. The first-order valence-corrected chi connectivity index (χ1v) is 13.0. The molecule has 0 atom stereocenters. The topological polar surface area (TPSA) is 67.3 Å². The lowest BCUT2D eigenvalue weighted by Crippen LogP contribution is -2.31. The van der Waals surface area contributed by atoms with Gasteiger partial charge in [-0.1, -0.05) is 84.1 Å². The van der Waals surface area contributed by atoms with Crippen LogP contribution in [0.1, 0.15) is 23.1 Å². The molecule has 32 heavy (non-hydrogen) atoms. The summed E-state index contributed by atoms with van der Waals surface area (Å²) in [6.07, 6.45) is -0.0864. The van der Waals surface area contributed by atoms with Crippen molar-refractivity contribution in [2.75, 3.05) is 10.7 Å².